The molecule has 0 saturated carbocycles. The summed E-state index contributed by atoms with van der Waals surface area (Å²) >= 11 is 7.44. The Labute approximate surface area is 137 Å². The van der Waals surface area contributed by atoms with Gasteiger partial charge < -0.3 is 15.8 Å². The quantitative estimate of drug-likeness (QED) is 0.812. The number of rotatable bonds is 7. The van der Waals surface area contributed by atoms with Crippen LogP contribution in [0, 0.1) is 0 Å². The van der Waals surface area contributed by atoms with E-state index < -0.39 is 5.91 Å². The van der Waals surface area contributed by atoms with Crippen molar-refractivity contribution in [3.8, 4) is 5.75 Å². The molecule has 0 spiro atoms. The Kier molecular flexibility index (Phi) is 5.80. The standard InChI is InChI=1S/C15H15ClN2O3S/c16-10-3-4-13(12(8-10)15(17)20)21-9-14(19)18-6-5-11-2-1-7-22-11/h1-4,7-8H,5-6,9H2,(H2,17,20)(H,18,19). The van der Waals surface area contributed by atoms with Crippen molar-refractivity contribution in [3.05, 3.63) is 51.2 Å². The molecule has 1 aromatic heterocycles. The van der Waals surface area contributed by atoms with Crippen molar-refractivity contribution in [2.45, 2.75) is 6.42 Å². The fourth-order valence-electron chi connectivity index (χ4n) is 1.79. The second-order valence-corrected chi connectivity index (χ2v) is 5.94. The van der Waals surface area contributed by atoms with E-state index in [9.17, 15) is 9.59 Å². The van der Waals surface area contributed by atoms with Gasteiger partial charge in [-0.25, -0.2) is 0 Å². The Morgan fingerprint density at radius 1 is 1.32 bits per heavy atom. The zero-order valence-corrected chi connectivity index (χ0v) is 13.2. The summed E-state index contributed by atoms with van der Waals surface area (Å²) in [6.45, 7) is 0.346. The molecule has 1 aromatic carbocycles. The fourth-order valence-corrected chi connectivity index (χ4v) is 2.68. The van der Waals surface area contributed by atoms with Crippen LogP contribution in [0.1, 0.15) is 15.2 Å². The summed E-state index contributed by atoms with van der Waals surface area (Å²) in [6, 6.07) is 8.48. The summed E-state index contributed by atoms with van der Waals surface area (Å²) in [5.74, 6) is -0.678. The highest BCUT2D eigenvalue weighted by Crippen LogP contribution is 2.22. The van der Waals surface area contributed by atoms with E-state index in [0.29, 0.717) is 11.6 Å². The number of carbonyl (C=O) groups is 2. The van der Waals surface area contributed by atoms with Gasteiger partial charge >= 0.3 is 0 Å². The van der Waals surface area contributed by atoms with Crippen molar-refractivity contribution >= 4 is 34.8 Å². The molecule has 0 aliphatic rings. The van der Waals surface area contributed by atoms with E-state index in [0.717, 1.165) is 6.42 Å². The molecule has 0 fully saturated rings. The first-order chi connectivity index (χ1) is 10.6. The topological polar surface area (TPSA) is 81.4 Å². The van der Waals surface area contributed by atoms with Crippen LogP contribution in [-0.2, 0) is 11.2 Å². The normalized spacial score (nSPS) is 10.2. The molecule has 0 unspecified atom stereocenters. The van der Waals surface area contributed by atoms with Crippen LogP contribution in [-0.4, -0.2) is 25.0 Å². The van der Waals surface area contributed by atoms with Crippen LogP contribution in [0.2, 0.25) is 5.02 Å². The van der Waals surface area contributed by atoms with E-state index in [4.69, 9.17) is 22.1 Å². The van der Waals surface area contributed by atoms with Crippen molar-refractivity contribution in [1.29, 1.82) is 0 Å². The zero-order valence-electron chi connectivity index (χ0n) is 11.7. The first kappa shape index (κ1) is 16.3. The number of primary amides is 1. The van der Waals surface area contributed by atoms with Crippen molar-refractivity contribution in [3.63, 3.8) is 0 Å². The van der Waals surface area contributed by atoms with Crippen LogP contribution in [0.5, 0.6) is 5.75 Å². The SMILES string of the molecule is NC(=O)c1cc(Cl)ccc1OCC(=O)NCCc1cccs1. The molecule has 1 heterocycles. The number of hydrogen-bond acceptors (Lipinski definition) is 4. The third kappa shape index (κ3) is 4.75. The molecule has 3 N–H and O–H groups in total. The molecule has 0 radical (unpaired) electrons. The van der Waals surface area contributed by atoms with Gasteiger partial charge in [0.25, 0.3) is 11.8 Å². The Hall–Kier alpha value is -2.05. The molecule has 22 heavy (non-hydrogen) atoms. The minimum atomic E-state index is -0.657. The lowest BCUT2D eigenvalue weighted by Gasteiger charge is -2.10. The number of nitrogens with one attached hydrogen (secondary N) is 1. The number of ether oxygens (including phenoxy) is 1. The molecule has 0 saturated heterocycles. The van der Waals surface area contributed by atoms with Gasteiger partial charge in [-0.3, -0.25) is 9.59 Å². The Balaban J connectivity index is 1.82. The number of thiophene rings is 1. The van der Waals surface area contributed by atoms with Gasteiger partial charge in [-0.05, 0) is 36.1 Å². The predicted molar refractivity (Wildman–Crippen MR) is 86.5 cm³/mol. The van der Waals surface area contributed by atoms with E-state index in [-0.39, 0.29) is 23.8 Å². The van der Waals surface area contributed by atoms with E-state index in [2.05, 4.69) is 5.32 Å². The van der Waals surface area contributed by atoms with Gasteiger partial charge in [0, 0.05) is 16.4 Å². The molecule has 0 atom stereocenters. The van der Waals surface area contributed by atoms with Crippen LogP contribution >= 0.6 is 22.9 Å². The summed E-state index contributed by atoms with van der Waals surface area (Å²) in [7, 11) is 0. The fraction of sp³-hybridized carbons (Fsp3) is 0.200. The molecule has 7 heteroatoms. The van der Waals surface area contributed by atoms with E-state index in [1.807, 2.05) is 17.5 Å². The van der Waals surface area contributed by atoms with Gasteiger partial charge in [0.15, 0.2) is 6.61 Å². The van der Waals surface area contributed by atoms with Gasteiger partial charge in [0.1, 0.15) is 5.75 Å². The van der Waals surface area contributed by atoms with Crippen molar-refractivity contribution in [2.75, 3.05) is 13.2 Å². The van der Waals surface area contributed by atoms with Crippen LogP contribution in [0.25, 0.3) is 0 Å². The lowest BCUT2D eigenvalue weighted by atomic mass is 10.2. The summed E-state index contributed by atoms with van der Waals surface area (Å²) in [6.07, 6.45) is 0.775. The monoisotopic (exact) mass is 338 g/mol. The Morgan fingerprint density at radius 3 is 2.82 bits per heavy atom. The highest BCUT2D eigenvalue weighted by molar-refractivity contribution is 7.09. The molecule has 0 aliphatic heterocycles. The van der Waals surface area contributed by atoms with Crippen molar-refractivity contribution in [2.24, 2.45) is 5.73 Å². The van der Waals surface area contributed by atoms with Crippen LogP contribution < -0.4 is 15.8 Å². The first-order valence-electron chi connectivity index (χ1n) is 6.57. The molecule has 5 nitrogen and oxygen atoms in total. The van der Waals surface area contributed by atoms with Crippen LogP contribution in [0.15, 0.2) is 35.7 Å². The maximum absolute atomic E-state index is 11.7. The maximum atomic E-state index is 11.7. The Bertz CT molecular complexity index is 659. The van der Waals surface area contributed by atoms with Gasteiger partial charge in [0.05, 0.1) is 5.56 Å². The number of amides is 2. The highest BCUT2D eigenvalue weighted by Gasteiger charge is 2.11. The van der Waals surface area contributed by atoms with Gasteiger partial charge in [-0.15, -0.1) is 11.3 Å². The lowest BCUT2D eigenvalue weighted by Crippen LogP contribution is -2.30. The van der Waals surface area contributed by atoms with E-state index in [1.165, 1.54) is 17.0 Å². The molecule has 2 amide bonds. The highest BCUT2D eigenvalue weighted by atomic mass is 35.5. The molecular weight excluding hydrogens is 324 g/mol. The summed E-state index contributed by atoms with van der Waals surface area (Å²) in [5.41, 5.74) is 5.40. The Morgan fingerprint density at radius 2 is 2.14 bits per heavy atom. The number of carbonyl (C=O) groups excluding carboxylic acids is 2. The predicted octanol–water partition coefficient (Wildman–Crippen LogP) is 2.24. The second-order valence-electron chi connectivity index (χ2n) is 4.47. The summed E-state index contributed by atoms with van der Waals surface area (Å²) in [4.78, 5) is 24.2. The second kappa shape index (κ2) is 7.82. The van der Waals surface area contributed by atoms with E-state index >= 15 is 0 Å². The summed E-state index contributed by atoms with van der Waals surface area (Å²) < 4.78 is 5.33. The van der Waals surface area contributed by atoms with Crippen molar-refractivity contribution in [1.82, 2.24) is 5.32 Å². The molecular formula is C15H15ClN2O3S. The summed E-state index contributed by atoms with van der Waals surface area (Å²) in [5, 5.41) is 5.12. The molecule has 0 aliphatic carbocycles. The number of nitrogens with two attached hydrogens (primary N) is 1. The van der Waals surface area contributed by atoms with Crippen molar-refractivity contribution < 1.29 is 14.3 Å². The number of hydrogen-bond donors (Lipinski definition) is 2. The zero-order chi connectivity index (χ0) is 15.9. The van der Waals surface area contributed by atoms with Crippen LogP contribution in [0.4, 0.5) is 0 Å². The largest absolute Gasteiger partial charge is 0.483 e. The lowest BCUT2D eigenvalue weighted by molar-refractivity contribution is -0.123. The number of benzene rings is 1. The average molecular weight is 339 g/mol. The van der Waals surface area contributed by atoms with Gasteiger partial charge in [-0.2, -0.15) is 0 Å². The minimum absolute atomic E-state index is 0.152. The third-order valence-electron chi connectivity index (χ3n) is 2.84. The van der Waals surface area contributed by atoms with Gasteiger partial charge in [0.2, 0.25) is 0 Å². The van der Waals surface area contributed by atoms with Gasteiger partial charge in [-0.1, -0.05) is 17.7 Å². The smallest absolute Gasteiger partial charge is 0.257 e. The first-order valence-corrected chi connectivity index (χ1v) is 7.83. The minimum Gasteiger partial charge on any atom is -0.483 e. The van der Waals surface area contributed by atoms with E-state index in [1.54, 1.807) is 17.4 Å². The average Bonchev–Trinajstić information content (AvgIpc) is 2.99. The molecule has 116 valence electrons. The number of halogens is 1. The van der Waals surface area contributed by atoms with Crippen LogP contribution in [0.3, 0.4) is 0 Å². The molecule has 2 aromatic rings. The molecule has 0 bridgehead atoms. The third-order valence-corrected chi connectivity index (χ3v) is 4.01. The molecule has 2 rings (SSSR count). The maximum Gasteiger partial charge on any atom is 0.257 e.